The van der Waals surface area contributed by atoms with Crippen molar-refractivity contribution in [3.8, 4) is 5.75 Å². The highest BCUT2D eigenvalue weighted by Crippen LogP contribution is 2.36. The van der Waals surface area contributed by atoms with Gasteiger partial charge in [0.15, 0.2) is 9.84 Å². The quantitative estimate of drug-likeness (QED) is 0.544. The number of esters is 1. The van der Waals surface area contributed by atoms with Crippen molar-refractivity contribution in [2.45, 2.75) is 18.2 Å². The topological polar surface area (TPSA) is 69.7 Å². The molecule has 0 fully saturated rings. The van der Waals surface area contributed by atoms with E-state index in [0.29, 0.717) is 0 Å². The zero-order chi connectivity index (χ0) is 21.6. The van der Waals surface area contributed by atoms with Gasteiger partial charge in [-0.2, -0.15) is 0 Å². The van der Waals surface area contributed by atoms with E-state index >= 15 is 0 Å². The van der Waals surface area contributed by atoms with Crippen LogP contribution < -0.4 is 4.74 Å². The first-order valence-electron chi connectivity index (χ1n) is 8.14. The van der Waals surface area contributed by atoms with Crippen molar-refractivity contribution in [2.24, 2.45) is 0 Å². The van der Waals surface area contributed by atoms with Gasteiger partial charge in [0.2, 0.25) is 0 Å². The molecule has 0 spiro atoms. The number of cyclic esters (lactones) is 1. The Morgan fingerprint density at radius 1 is 1.07 bits per heavy atom. The van der Waals surface area contributed by atoms with Gasteiger partial charge < -0.3 is 9.47 Å². The van der Waals surface area contributed by atoms with E-state index in [1.807, 2.05) is 0 Å². The summed E-state index contributed by atoms with van der Waals surface area (Å²) in [7, 11) is -3.79. The highest BCUT2D eigenvalue weighted by Gasteiger charge is 2.33. The summed E-state index contributed by atoms with van der Waals surface area (Å²) < 4.78 is 84.2. The van der Waals surface area contributed by atoms with Gasteiger partial charge in [-0.05, 0) is 41.8 Å². The van der Waals surface area contributed by atoms with E-state index in [0.717, 1.165) is 24.5 Å². The number of aryl methyl sites for hydroxylation is 1. The molecule has 2 aromatic carbocycles. The van der Waals surface area contributed by atoms with E-state index in [9.17, 15) is 30.8 Å². The third-order valence-electron chi connectivity index (χ3n) is 4.24. The number of benzene rings is 2. The molecular formula is C19H14F4O5S. The number of carbonyl (C=O) groups excluding carboxylic acids is 1. The van der Waals surface area contributed by atoms with E-state index in [4.69, 9.17) is 4.74 Å². The second-order valence-electron chi connectivity index (χ2n) is 6.38. The van der Waals surface area contributed by atoms with Crippen molar-refractivity contribution in [1.29, 1.82) is 0 Å². The van der Waals surface area contributed by atoms with Crippen molar-refractivity contribution >= 4 is 27.0 Å². The number of hydrogen-bond acceptors (Lipinski definition) is 5. The minimum absolute atomic E-state index is 0.0523. The van der Waals surface area contributed by atoms with E-state index in [2.05, 4.69) is 4.74 Å². The summed E-state index contributed by atoms with van der Waals surface area (Å²) in [4.78, 5) is 11.7. The fraction of sp³-hybridized carbons (Fsp3) is 0.211. The van der Waals surface area contributed by atoms with Crippen LogP contribution in [0.25, 0.3) is 11.1 Å². The lowest BCUT2D eigenvalue weighted by Crippen LogP contribution is -2.18. The Hall–Kier alpha value is -2.88. The molecule has 29 heavy (non-hydrogen) atoms. The molecule has 0 aliphatic carbocycles. The molecule has 0 saturated carbocycles. The lowest BCUT2D eigenvalue weighted by molar-refractivity contribution is -0.274. The van der Waals surface area contributed by atoms with Crippen LogP contribution in [0.4, 0.5) is 17.6 Å². The van der Waals surface area contributed by atoms with Gasteiger partial charge in [-0.1, -0.05) is 18.2 Å². The first-order chi connectivity index (χ1) is 13.4. The minimum Gasteiger partial charge on any atom is -0.457 e. The largest absolute Gasteiger partial charge is 0.573 e. The Balaban J connectivity index is 2.12. The Morgan fingerprint density at radius 2 is 1.72 bits per heavy atom. The van der Waals surface area contributed by atoms with Gasteiger partial charge in [0.1, 0.15) is 23.1 Å². The van der Waals surface area contributed by atoms with Gasteiger partial charge in [-0.3, -0.25) is 0 Å². The van der Waals surface area contributed by atoms with Crippen LogP contribution in [0.3, 0.4) is 0 Å². The van der Waals surface area contributed by atoms with Crippen molar-refractivity contribution < 1.29 is 40.2 Å². The van der Waals surface area contributed by atoms with Gasteiger partial charge in [-0.15, -0.1) is 13.2 Å². The van der Waals surface area contributed by atoms with Crippen LogP contribution in [-0.4, -0.2) is 33.6 Å². The van der Waals surface area contributed by atoms with Crippen molar-refractivity contribution in [3.63, 3.8) is 0 Å². The molecule has 1 aliphatic heterocycles. The maximum absolute atomic E-state index is 14.3. The summed E-state index contributed by atoms with van der Waals surface area (Å²) in [6.07, 6.45) is -4.06. The number of sulfone groups is 1. The number of halogens is 4. The third-order valence-corrected chi connectivity index (χ3v) is 5.37. The Morgan fingerprint density at radius 3 is 2.31 bits per heavy atom. The lowest BCUT2D eigenvalue weighted by Gasteiger charge is -2.13. The molecule has 10 heteroatoms. The van der Waals surface area contributed by atoms with Gasteiger partial charge in [0, 0.05) is 11.8 Å². The monoisotopic (exact) mass is 430 g/mol. The molecule has 0 atom stereocenters. The maximum Gasteiger partial charge on any atom is 0.573 e. The van der Waals surface area contributed by atoms with Crippen LogP contribution in [-0.2, 0) is 19.4 Å². The summed E-state index contributed by atoms with van der Waals surface area (Å²) in [5.41, 5.74) is 0.636. The van der Waals surface area contributed by atoms with Crippen LogP contribution in [0.15, 0.2) is 41.3 Å². The fourth-order valence-electron chi connectivity index (χ4n) is 2.90. The molecule has 1 aliphatic rings. The molecule has 0 N–H and O–H groups in total. The van der Waals surface area contributed by atoms with Crippen LogP contribution in [0.5, 0.6) is 5.75 Å². The van der Waals surface area contributed by atoms with Gasteiger partial charge in [0.05, 0.1) is 5.57 Å². The average Bonchev–Trinajstić information content (AvgIpc) is 2.96. The first-order valence-corrected chi connectivity index (χ1v) is 10.0. The molecule has 0 aromatic heterocycles. The molecular weight excluding hydrogens is 416 g/mol. The lowest BCUT2D eigenvalue weighted by atomic mass is 9.95. The molecule has 154 valence electrons. The summed E-state index contributed by atoms with van der Waals surface area (Å²) in [6.45, 7) is 1.17. The normalized spacial score (nSPS) is 14.9. The number of alkyl halides is 3. The van der Waals surface area contributed by atoms with Crippen LogP contribution in [0, 0.1) is 12.7 Å². The van der Waals surface area contributed by atoms with Gasteiger partial charge in [0.25, 0.3) is 0 Å². The molecule has 1 heterocycles. The van der Waals surface area contributed by atoms with Gasteiger partial charge >= 0.3 is 12.3 Å². The summed E-state index contributed by atoms with van der Waals surface area (Å²) >= 11 is 0. The summed E-state index contributed by atoms with van der Waals surface area (Å²) in [6, 6.07) is 7.11. The molecule has 0 radical (unpaired) electrons. The Labute approximate surface area is 163 Å². The average molecular weight is 430 g/mol. The van der Waals surface area contributed by atoms with E-state index < -0.39 is 38.6 Å². The van der Waals surface area contributed by atoms with Crippen molar-refractivity contribution in [2.75, 3.05) is 12.9 Å². The molecule has 3 rings (SSSR count). The van der Waals surface area contributed by atoms with Crippen LogP contribution >= 0.6 is 0 Å². The van der Waals surface area contributed by atoms with E-state index in [1.165, 1.54) is 25.1 Å². The molecule has 0 amide bonds. The highest BCUT2D eigenvalue weighted by molar-refractivity contribution is 7.90. The Bertz CT molecular complexity index is 1130. The molecule has 0 saturated heterocycles. The van der Waals surface area contributed by atoms with E-state index in [1.54, 1.807) is 0 Å². The molecule has 2 aromatic rings. The maximum atomic E-state index is 14.3. The molecule has 5 nitrogen and oxygen atoms in total. The number of carbonyl (C=O) groups is 1. The zero-order valence-electron chi connectivity index (χ0n) is 15.1. The first kappa shape index (κ1) is 20.8. The van der Waals surface area contributed by atoms with Crippen LogP contribution in [0.2, 0.25) is 0 Å². The minimum atomic E-state index is -4.92. The third kappa shape index (κ3) is 4.42. The Kier molecular flexibility index (Phi) is 5.16. The number of ether oxygens (including phenoxy) is 2. The van der Waals surface area contributed by atoms with Crippen LogP contribution in [0.1, 0.15) is 16.7 Å². The highest BCUT2D eigenvalue weighted by atomic mass is 32.2. The number of rotatable bonds is 4. The fourth-order valence-corrected chi connectivity index (χ4v) is 3.63. The van der Waals surface area contributed by atoms with Crippen molar-refractivity contribution in [1.82, 2.24) is 0 Å². The molecule has 0 bridgehead atoms. The predicted octanol–water partition coefficient (Wildman–Crippen LogP) is 3.90. The SMILES string of the molecule is Cc1ccc(C2=C(c3ccc(S(C)(=O)=O)c(F)c3)COC2=O)cc1OC(F)(F)F. The standard InChI is InChI=1S/C19H14F4O5S/c1-10-3-4-12(8-15(10)28-19(21,22)23)17-13(9-27-18(17)24)11-5-6-16(14(20)7-11)29(2,25)26/h3-8H,9H2,1-2H3. The second kappa shape index (κ2) is 7.18. The summed E-state index contributed by atoms with van der Waals surface area (Å²) in [5.74, 6) is -2.30. The van der Waals surface area contributed by atoms with E-state index in [-0.39, 0.29) is 34.4 Å². The molecule has 0 unspecified atom stereocenters. The number of hydrogen-bond donors (Lipinski definition) is 0. The smallest absolute Gasteiger partial charge is 0.457 e. The predicted molar refractivity (Wildman–Crippen MR) is 95.1 cm³/mol. The second-order valence-corrected chi connectivity index (χ2v) is 8.36. The van der Waals surface area contributed by atoms with Crippen molar-refractivity contribution in [3.05, 3.63) is 58.9 Å². The van der Waals surface area contributed by atoms with Gasteiger partial charge in [-0.25, -0.2) is 17.6 Å². The zero-order valence-corrected chi connectivity index (χ0v) is 15.9. The summed E-state index contributed by atoms with van der Waals surface area (Å²) in [5, 5.41) is 0.